The summed E-state index contributed by atoms with van der Waals surface area (Å²) in [5.74, 6) is 1.93. The Morgan fingerprint density at radius 3 is 1.45 bits per heavy atom. The molecule has 0 fully saturated rings. The van der Waals surface area contributed by atoms with Gasteiger partial charge < -0.3 is 0 Å². The Labute approximate surface area is 297 Å². The van der Waals surface area contributed by atoms with E-state index < -0.39 is 0 Å². The average molecular weight is 656 g/mol. The van der Waals surface area contributed by atoms with Crippen LogP contribution in [0.4, 0.5) is 0 Å². The van der Waals surface area contributed by atoms with Gasteiger partial charge in [0.25, 0.3) is 0 Å². The highest BCUT2D eigenvalue weighted by atomic mass is 15.0. The van der Waals surface area contributed by atoms with Crippen molar-refractivity contribution in [2.45, 2.75) is 19.3 Å². The van der Waals surface area contributed by atoms with Gasteiger partial charge in [-0.25, -0.2) is 15.0 Å². The molecular weight excluding hydrogens is 623 g/mol. The molecule has 5 heteroatoms. The van der Waals surface area contributed by atoms with E-state index in [9.17, 15) is 0 Å². The highest BCUT2D eigenvalue weighted by Gasteiger charge is 2.36. The predicted molar refractivity (Wildman–Crippen MR) is 206 cm³/mol. The Kier molecular flexibility index (Phi) is 7.40. The molecule has 0 unspecified atom stereocenters. The van der Waals surface area contributed by atoms with Crippen molar-refractivity contribution >= 4 is 0 Å². The second kappa shape index (κ2) is 12.4. The molecule has 9 rings (SSSR count). The lowest BCUT2D eigenvalue weighted by Crippen LogP contribution is -2.14. The largest absolute Gasteiger partial charge is 0.255 e. The number of aromatic nitrogens is 5. The number of fused-ring (bicyclic) bond motifs is 3. The number of nitrogens with zero attached hydrogens (tertiary/aromatic N) is 5. The Morgan fingerprint density at radius 1 is 0.373 bits per heavy atom. The molecule has 1 aliphatic rings. The van der Waals surface area contributed by atoms with Gasteiger partial charge in [-0.1, -0.05) is 135 Å². The van der Waals surface area contributed by atoms with Crippen LogP contribution in [-0.2, 0) is 5.41 Å². The smallest absolute Gasteiger partial charge is 0.164 e. The molecule has 5 aromatic carbocycles. The normalized spacial score (nSPS) is 12.7. The van der Waals surface area contributed by atoms with Crippen molar-refractivity contribution in [1.82, 2.24) is 24.9 Å². The summed E-state index contributed by atoms with van der Waals surface area (Å²) < 4.78 is 0. The highest BCUT2D eigenvalue weighted by molar-refractivity contribution is 5.87. The molecule has 0 saturated carbocycles. The lowest BCUT2D eigenvalue weighted by molar-refractivity contribution is 0.660. The van der Waals surface area contributed by atoms with Gasteiger partial charge >= 0.3 is 0 Å². The minimum Gasteiger partial charge on any atom is -0.255 e. The van der Waals surface area contributed by atoms with Crippen molar-refractivity contribution in [2.75, 3.05) is 0 Å². The van der Waals surface area contributed by atoms with E-state index in [-0.39, 0.29) is 5.41 Å². The third kappa shape index (κ3) is 5.59. The van der Waals surface area contributed by atoms with Crippen molar-refractivity contribution in [3.63, 3.8) is 0 Å². The third-order valence-corrected chi connectivity index (χ3v) is 9.88. The zero-order chi connectivity index (χ0) is 34.4. The van der Waals surface area contributed by atoms with E-state index >= 15 is 0 Å². The van der Waals surface area contributed by atoms with Crippen LogP contribution in [0.1, 0.15) is 25.0 Å². The molecule has 0 amide bonds. The van der Waals surface area contributed by atoms with Gasteiger partial charge in [-0.05, 0) is 69.3 Å². The highest BCUT2D eigenvalue weighted by Crippen LogP contribution is 2.50. The first-order valence-corrected chi connectivity index (χ1v) is 17.2. The first-order chi connectivity index (χ1) is 25.0. The maximum Gasteiger partial charge on any atom is 0.164 e. The quantitative estimate of drug-likeness (QED) is 0.178. The fraction of sp³-hybridized carbons (Fsp3) is 0.0652. The van der Waals surface area contributed by atoms with Gasteiger partial charge in [0.15, 0.2) is 17.5 Å². The topological polar surface area (TPSA) is 64.5 Å². The Bertz CT molecular complexity index is 2510. The third-order valence-electron chi connectivity index (χ3n) is 9.88. The summed E-state index contributed by atoms with van der Waals surface area (Å²) in [6, 6.07) is 52.4. The van der Waals surface area contributed by atoms with Gasteiger partial charge in [-0.3, -0.25) is 9.97 Å². The van der Waals surface area contributed by atoms with Gasteiger partial charge in [0.1, 0.15) is 0 Å². The van der Waals surface area contributed by atoms with Crippen molar-refractivity contribution in [3.8, 4) is 78.9 Å². The molecule has 1 aliphatic carbocycles. The Hall–Kier alpha value is -6.59. The zero-order valence-electron chi connectivity index (χ0n) is 28.3. The molecule has 242 valence electrons. The summed E-state index contributed by atoms with van der Waals surface area (Å²) in [6.07, 6.45) is 3.73. The fourth-order valence-electron chi connectivity index (χ4n) is 7.11. The van der Waals surface area contributed by atoms with Gasteiger partial charge in [0, 0.05) is 40.1 Å². The van der Waals surface area contributed by atoms with Crippen LogP contribution in [0.15, 0.2) is 164 Å². The van der Waals surface area contributed by atoms with E-state index in [1.165, 1.54) is 27.8 Å². The van der Waals surface area contributed by atoms with Crippen LogP contribution in [0.3, 0.4) is 0 Å². The zero-order valence-corrected chi connectivity index (χ0v) is 28.3. The number of hydrogen-bond donors (Lipinski definition) is 0. The second-order valence-electron chi connectivity index (χ2n) is 13.4. The van der Waals surface area contributed by atoms with E-state index in [2.05, 4.69) is 110 Å². The van der Waals surface area contributed by atoms with Crippen LogP contribution in [0.5, 0.6) is 0 Å². The first-order valence-electron chi connectivity index (χ1n) is 17.2. The van der Waals surface area contributed by atoms with Gasteiger partial charge in [0.05, 0.1) is 11.4 Å². The molecule has 0 saturated heterocycles. The number of hydrogen-bond acceptors (Lipinski definition) is 5. The second-order valence-corrected chi connectivity index (χ2v) is 13.4. The van der Waals surface area contributed by atoms with Crippen molar-refractivity contribution in [1.29, 1.82) is 0 Å². The Balaban J connectivity index is 1.12. The van der Waals surface area contributed by atoms with Gasteiger partial charge in [-0.15, -0.1) is 0 Å². The molecule has 5 nitrogen and oxygen atoms in total. The number of pyridine rings is 2. The minimum atomic E-state index is -0.150. The molecule has 0 bridgehead atoms. The molecular formula is C46H33N5. The standard InChI is InChI=1S/C46H33N5/c1-46(2)39-23-20-34(36-22-25-42(48-29-36)41-15-9-10-26-47-41)27-37(39)38-28-35(21-24-40(38)46)45-50-43(32-13-7-4-8-14-32)49-44(51-45)33-18-16-31(17-19-33)30-11-5-3-6-12-30/h3-29H,1-2H3. The van der Waals surface area contributed by atoms with E-state index in [1.807, 2.05) is 66.9 Å². The molecule has 0 aliphatic heterocycles. The van der Waals surface area contributed by atoms with Crippen LogP contribution in [0.2, 0.25) is 0 Å². The van der Waals surface area contributed by atoms with Gasteiger partial charge in [0.2, 0.25) is 0 Å². The van der Waals surface area contributed by atoms with Crippen LogP contribution >= 0.6 is 0 Å². The van der Waals surface area contributed by atoms with Crippen molar-refractivity contribution < 1.29 is 0 Å². The molecule has 0 radical (unpaired) electrons. The lowest BCUT2D eigenvalue weighted by Gasteiger charge is -2.21. The molecule has 0 atom stereocenters. The van der Waals surface area contributed by atoms with E-state index in [0.717, 1.165) is 44.8 Å². The summed E-state index contributed by atoms with van der Waals surface area (Å²) in [4.78, 5) is 24.3. The van der Waals surface area contributed by atoms with Gasteiger partial charge in [-0.2, -0.15) is 0 Å². The molecule has 3 heterocycles. The maximum atomic E-state index is 5.08. The number of rotatable bonds is 6. The van der Waals surface area contributed by atoms with E-state index in [1.54, 1.807) is 6.20 Å². The monoisotopic (exact) mass is 655 g/mol. The van der Waals surface area contributed by atoms with Crippen molar-refractivity contribution in [3.05, 3.63) is 175 Å². The summed E-state index contributed by atoms with van der Waals surface area (Å²) in [5, 5.41) is 0. The first kappa shape index (κ1) is 30.5. The molecule has 3 aromatic heterocycles. The van der Waals surface area contributed by atoms with Crippen LogP contribution < -0.4 is 0 Å². The van der Waals surface area contributed by atoms with E-state index in [4.69, 9.17) is 19.9 Å². The summed E-state index contributed by atoms with van der Waals surface area (Å²) in [7, 11) is 0. The van der Waals surface area contributed by atoms with Crippen LogP contribution in [0.25, 0.3) is 78.9 Å². The molecule has 0 N–H and O–H groups in total. The average Bonchev–Trinajstić information content (AvgIpc) is 3.43. The fourth-order valence-corrected chi connectivity index (χ4v) is 7.11. The predicted octanol–water partition coefficient (Wildman–Crippen LogP) is 11.0. The minimum absolute atomic E-state index is 0.150. The summed E-state index contributed by atoms with van der Waals surface area (Å²) in [5.41, 5.74) is 13.9. The lowest BCUT2D eigenvalue weighted by atomic mass is 9.82. The number of benzene rings is 5. The molecule has 8 aromatic rings. The Morgan fingerprint density at radius 2 is 0.843 bits per heavy atom. The summed E-state index contributed by atoms with van der Waals surface area (Å²) in [6.45, 7) is 4.60. The van der Waals surface area contributed by atoms with Crippen LogP contribution in [-0.4, -0.2) is 24.9 Å². The summed E-state index contributed by atoms with van der Waals surface area (Å²) >= 11 is 0. The molecule has 51 heavy (non-hydrogen) atoms. The maximum absolute atomic E-state index is 5.08. The van der Waals surface area contributed by atoms with Crippen LogP contribution in [0, 0.1) is 0 Å². The van der Waals surface area contributed by atoms with E-state index in [0.29, 0.717) is 17.5 Å². The van der Waals surface area contributed by atoms with Crippen molar-refractivity contribution in [2.24, 2.45) is 0 Å². The SMILES string of the molecule is CC1(C)c2ccc(-c3ccc(-c4ccccn4)nc3)cc2-c2cc(-c3nc(-c4ccccc4)nc(-c4ccc(-c5ccccc5)cc4)n3)ccc21. The molecule has 0 spiro atoms.